The third-order valence-corrected chi connectivity index (χ3v) is 77.0. The van der Waals surface area contributed by atoms with Crippen molar-refractivity contribution < 1.29 is 5.11 Å². The van der Waals surface area contributed by atoms with Crippen LogP contribution in [0, 0.1) is 0 Å². The van der Waals surface area contributed by atoms with Gasteiger partial charge in [-0.3, -0.25) is 0 Å². The van der Waals surface area contributed by atoms with E-state index in [1.165, 1.54) is 0 Å². The van der Waals surface area contributed by atoms with Crippen molar-refractivity contribution in [2.75, 3.05) is 6.23 Å². The van der Waals surface area contributed by atoms with Gasteiger partial charge in [0, 0.05) is 29.4 Å². The lowest BCUT2D eigenvalue weighted by molar-refractivity contribution is -0.343. The van der Waals surface area contributed by atoms with Crippen LogP contribution >= 0.6 is 0 Å². The maximum atomic E-state index is 12.1. The number of hydrogen-bond acceptors (Lipinski definition) is 1. The summed E-state index contributed by atoms with van der Waals surface area (Å²) in [4.78, 5) is 0. The third-order valence-electron chi connectivity index (χ3n) is 4.06. The van der Waals surface area contributed by atoms with E-state index in [1.807, 2.05) is 0 Å². The Kier molecular flexibility index (Phi) is 4.48. The molecule has 92 valence electrons. The van der Waals surface area contributed by atoms with Crippen molar-refractivity contribution in [1.82, 2.24) is 0 Å². The molecule has 0 aliphatic rings. The largest absolute Gasteiger partial charge is 0.857 e. The summed E-state index contributed by atoms with van der Waals surface area (Å²) >= 11 is 0. The molecule has 0 aromatic rings. The van der Waals surface area contributed by atoms with Gasteiger partial charge in [-0.05, 0) is 0 Å². The molecular weight excluding hydrogens is 248 g/mol. The highest BCUT2D eigenvalue weighted by Crippen LogP contribution is 2.35. The first-order chi connectivity index (χ1) is 6.31. The van der Waals surface area contributed by atoms with E-state index in [1.54, 1.807) is 0 Å². The summed E-state index contributed by atoms with van der Waals surface area (Å²) in [5, 5.41) is 12.1. The zero-order valence-corrected chi connectivity index (χ0v) is 16.1. The summed E-state index contributed by atoms with van der Waals surface area (Å²) in [5.74, 6) is 0. The molecule has 0 saturated carbocycles. The molecule has 0 saturated heterocycles. The first-order valence-electron chi connectivity index (χ1n) is 5.89. The van der Waals surface area contributed by atoms with Gasteiger partial charge in [-0.15, -0.1) is 6.23 Å². The zero-order valence-electron chi connectivity index (χ0n) is 12.1. The second-order valence-corrected chi connectivity index (χ2v) is 49.1. The highest BCUT2D eigenvalue weighted by molar-refractivity contribution is 7.89. The standard InChI is InChI=1S/C10H29OSi4/c1-12(2,3)15(10-11,13(4,5)6)14(7,8)9/h10H2,1-9H3/q-1. The smallest absolute Gasteiger partial charge is 0.0324 e. The molecule has 0 unspecified atom stereocenters. The molecule has 5 heteroatoms. The van der Waals surface area contributed by atoms with Gasteiger partial charge in [0.05, 0.1) is 0 Å². The second kappa shape index (κ2) is 4.25. The molecule has 0 heterocycles. The summed E-state index contributed by atoms with van der Waals surface area (Å²) in [6.45, 7) is 20.7. The first-order valence-corrected chi connectivity index (χ1v) is 21.6. The molecule has 0 amide bonds. The Hall–Kier alpha value is 0.828. The topological polar surface area (TPSA) is 23.1 Å². The van der Waals surface area contributed by atoms with Crippen LogP contribution in [0.25, 0.3) is 0 Å². The minimum Gasteiger partial charge on any atom is -0.857 e. The highest BCUT2D eigenvalue weighted by Gasteiger charge is 2.58. The van der Waals surface area contributed by atoms with Gasteiger partial charge >= 0.3 is 0 Å². The lowest BCUT2D eigenvalue weighted by Crippen LogP contribution is -2.86. The van der Waals surface area contributed by atoms with Gasteiger partial charge in [-0.1, -0.05) is 58.9 Å². The monoisotopic (exact) mass is 277 g/mol. The summed E-state index contributed by atoms with van der Waals surface area (Å²) in [6.07, 6.45) is 0.314. The van der Waals surface area contributed by atoms with Gasteiger partial charge in [0.25, 0.3) is 0 Å². The average Bonchev–Trinajstić information content (AvgIpc) is 1.76. The molecule has 0 aliphatic carbocycles. The van der Waals surface area contributed by atoms with Crippen molar-refractivity contribution in [2.45, 2.75) is 58.9 Å². The van der Waals surface area contributed by atoms with Gasteiger partial charge in [-0.25, -0.2) is 0 Å². The van der Waals surface area contributed by atoms with Gasteiger partial charge < -0.3 is 5.11 Å². The predicted octanol–water partition coefficient (Wildman–Crippen LogP) is 2.58. The van der Waals surface area contributed by atoms with E-state index in [2.05, 4.69) is 58.9 Å². The molecular formula is C10H29OSi4-. The molecule has 0 rings (SSSR count). The van der Waals surface area contributed by atoms with E-state index in [-0.39, 0.29) is 0 Å². The molecule has 0 aromatic carbocycles. The average molecular weight is 278 g/mol. The van der Waals surface area contributed by atoms with Crippen molar-refractivity contribution >= 4 is 29.4 Å². The van der Waals surface area contributed by atoms with Crippen LogP contribution in [-0.2, 0) is 0 Å². The minimum atomic E-state index is -1.51. The van der Waals surface area contributed by atoms with Gasteiger partial charge in [-0.2, -0.15) is 0 Å². The molecule has 15 heavy (non-hydrogen) atoms. The van der Waals surface area contributed by atoms with E-state index in [4.69, 9.17) is 0 Å². The van der Waals surface area contributed by atoms with E-state index < -0.39 is 29.4 Å². The van der Waals surface area contributed by atoms with Crippen molar-refractivity contribution in [3.05, 3.63) is 0 Å². The van der Waals surface area contributed by atoms with Crippen LogP contribution in [0.1, 0.15) is 0 Å². The molecule has 1 nitrogen and oxygen atoms in total. The normalized spacial score (nSPS) is 15.6. The summed E-state index contributed by atoms with van der Waals surface area (Å²) in [6, 6.07) is 0. The van der Waals surface area contributed by atoms with Crippen LogP contribution in [0.5, 0.6) is 0 Å². The van der Waals surface area contributed by atoms with Crippen molar-refractivity contribution in [3.63, 3.8) is 0 Å². The molecule has 0 bridgehead atoms. The maximum Gasteiger partial charge on any atom is 0.0324 e. The molecule has 0 fully saturated rings. The van der Waals surface area contributed by atoms with Crippen LogP contribution in [0.4, 0.5) is 0 Å². The molecule has 0 radical (unpaired) electrons. The van der Waals surface area contributed by atoms with E-state index >= 15 is 0 Å². The van der Waals surface area contributed by atoms with Gasteiger partial charge in [0.1, 0.15) is 0 Å². The van der Waals surface area contributed by atoms with Crippen LogP contribution in [0.2, 0.25) is 58.9 Å². The first kappa shape index (κ1) is 15.8. The van der Waals surface area contributed by atoms with E-state index in [9.17, 15) is 5.11 Å². The van der Waals surface area contributed by atoms with E-state index in [0.717, 1.165) is 0 Å². The fourth-order valence-corrected chi connectivity index (χ4v) is 97.0. The Bertz CT molecular complexity index is 183. The third kappa shape index (κ3) is 2.57. The predicted molar refractivity (Wildman–Crippen MR) is 80.7 cm³/mol. The van der Waals surface area contributed by atoms with Crippen molar-refractivity contribution in [3.8, 4) is 0 Å². The van der Waals surface area contributed by atoms with Crippen LogP contribution < -0.4 is 5.11 Å². The highest BCUT2D eigenvalue weighted by atomic mass is 29.9. The molecule has 0 aromatic heterocycles. The Balaban J connectivity index is 5.78. The zero-order chi connectivity index (χ0) is 12.7. The number of hydrogen-bond donors (Lipinski definition) is 0. The van der Waals surface area contributed by atoms with Gasteiger partial charge in [0.2, 0.25) is 0 Å². The summed E-state index contributed by atoms with van der Waals surface area (Å²) in [7, 11) is -3.77. The Morgan fingerprint density at radius 2 is 0.800 bits per heavy atom. The summed E-state index contributed by atoms with van der Waals surface area (Å²) in [5.41, 5.74) is 0. The fourth-order valence-electron chi connectivity index (χ4n) is 4.02. The molecule has 0 N–H and O–H groups in total. The Morgan fingerprint density at radius 3 is 0.800 bits per heavy atom. The Labute approximate surface area is 99.7 Å². The van der Waals surface area contributed by atoms with Crippen molar-refractivity contribution in [1.29, 1.82) is 0 Å². The maximum absolute atomic E-state index is 12.1. The quantitative estimate of drug-likeness (QED) is 0.725. The second-order valence-electron chi connectivity index (χ2n) is 7.80. The van der Waals surface area contributed by atoms with Crippen LogP contribution in [-0.4, -0.2) is 35.6 Å². The fraction of sp³-hybridized carbons (Fsp3) is 1.00. The van der Waals surface area contributed by atoms with Crippen molar-refractivity contribution in [2.24, 2.45) is 0 Å². The Morgan fingerprint density at radius 1 is 0.600 bits per heavy atom. The molecule has 0 aliphatic heterocycles. The lowest BCUT2D eigenvalue weighted by Gasteiger charge is -2.59. The summed E-state index contributed by atoms with van der Waals surface area (Å²) < 4.78 is 0. The molecule has 0 atom stereocenters. The minimum absolute atomic E-state index is 0.314. The molecule has 0 spiro atoms. The van der Waals surface area contributed by atoms with Crippen LogP contribution in [0.15, 0.2) is 0 Å². The van der Waals surface area contributed by atoms with E-state index in [0.29, 0.717) is 6.23 Å². The van der Waals surface area contributed by atoms with Gasteiger partial charge in [0.15, 0.2) is 0 Å². The van der Waals surface area contributed by atoms with Crippen LogP contribution in [0.3, 0.4) is 0 Å². The number of rotatable bonds is 4. The SMILES string of the molecule is C[Si](C)(C)[Si](C[O-])([Si](C)(C)C)[Si](C)(C)C. The lowest BCUT2D eigenvalue weighted by atomic mass is 11.7.